The quantitative estimate of drug-likeness (QED) is 0.683. The Bertz CT molecular complexity index is 510. The molecule has 1 unspecified atom stereocenters. The number of nitro benzene ring substituents is 1. The van der Waals surface area contributed by atoms with Crippen molar-refractivity contribution in [1.29, 1.82) is 0 Å². The molecule has 116 valence electrons. The summed E-state index contributed by atoms with van der Waals surface area (Å²) in [6.07, 6.45) is 4.34. The molecule has 1 aliphatic carbocycles. The number of aryl methyl sites for hydroxylation is 1. The van der Waals surface area contributed by atoms with E-state index in [4.69, 9.17) is 5.73 Å². The number of nitrogens with zero attached hydrogens (tertiary/aromatic N) is 2. The number of hydrogen-bond donors (Lipinski definition) is 1. The van der Waals surface area contributed by atoms with Crippen molar-refractivity contribution in [3.63, 3.8) is 0 Å². The van der Waals surface area contributed by atoms with Crippen molar-refractivity contribution in [2.45, 2.75) is 57.7 Å². The van der Waals surface area contributed by atoms with E-state index in [0.717, 1.165) is 31.2 Å². The van der Waals surface area contributed by atoms with Gasteiger partial charge in [0.25, 0.3) is 5.69 Å². The zero-order valence-electron chi connectivity index (χ0n) is 13.1. The van der Waals surface area contributed by atoms with Gasteiger partial charge in [0, 0.05) is 29.8 Å². The van der Waals surface area contributed by atoms with Crippen molar-refractivity contribution in [3.8, 4) is 0 Å². The van der Waals surface area contributed by atoms with Crippen molar-refractivity contribution in [1.82, 2.24) is 4.90 Å². The molecule has 5 nitrogen and oxygen atoms in total. The number of hydrogen-bond acceptors (Lipinski definition) is 4. The summed E-state index contributed by atoms with van der Waals surface area (Å²) in [5, 5.41) is 11.1. The zero-order valence-corrected chi connectivity index (χ0v) is 13.1. The molecule has 1 atom stereocenters. The Kier molecular flexibility index (Phi) is 4.96. The molecule has 1 aliphatic rings. The van der Waals surface area contributed by atoms with E-state index in [1.54, 1.807) is 13.0 Å². The summed E-state index contributed by atoms with van der Waals surface area (Å²) < 4.78 is 0. The van der Waals surface area contributed by atoms with Gasteiger partial charge in [-0.25, -0.2) is 0 Å². The molecule has 0 spiro atoms. The molecule has 21 heavy (non-hydrogen) atoms. The van der Waals surface area contributed by atoms with Crippen LogP contribution in [0.2, 0.25) is 0 Å². The fraction of sp³-hybridized carbons (Fsp3) is 0.625. The Morgan fingerprint density at radius 2 is 1.95 bits per heavy atom. The fourth-order valence-electron chi connectivity index (χ4n) is 3.14. The fourth-order valence-corrected chi connectivity index (χ4v) is 3.14. The molecule has 1 saturated carbocycles. The van der Waals surface area contributed by atoms with Crippen LogP contribution in [-0.2, 0) is 0 Å². The van der Waals surface area contributed by atoms with E-state index in [9.17, 15) is 10.1 Å². The van der Waals surface area contributed by atoms with Crippen LogP contribution in [0.3, 0.4) is 0 Å². The number of benzene rings is 1. The average Bonchev–Trinajstić information content (AvgIpc) is 2.46. The lowest BCUT2D eigenvalue weighted by molar-refractivity contribution is -0.385. The van der Waals surface area contributed by atoms with E-state index in [1.165, 1.54) is 0 Å². The molecule has 1 fully saturated rings. The number of nitro groups is 1. The Labute approximate surface area is 126 Å². The zero-order chi connectivity index (χ0) is 15.6. The highest BCUT2D eigenvalue weighted by Crippen LogP contribution is 2.30. The highest BCUT2D eigenvalue weighted by molar-refractivity contribution is 5.43. The molecular weight excluding hydrogens is 266 g/mol. The van der Waals surface area contributed by atoms with Crippen LogP contribution in [0.15, 0.2) is 18.2 Å². The maximum atomic E-state index is 11.1. The molecule has 0 amide bonds. The smallest absolute Gasteiger partial charge is 0.272 e. The lowest BCUT2D eigenvalue weighted by Crippen LogP contribution is -2.39. The molecule has 1 aromatic rings. The van der Waals surface area contributed by atoms with Crippen molar-refractivity contribution < 1.29 is 4.92 Å². The van der Waals surface area contributed by atoms with Gasteiger partial charge in [-0.05, 0) is 52.1 Å². The summed E-state index contributed by atoms with van der Waals surface area (Å²) in [4.78, 5) is 13.1. The molecular formula is C16H25N3O2. The van der Waals surface area contributed by atoms with Gasteiger partial charge < -0.3 is 5.73 Å². The lowest BCUT2D eigenvalue weighted by atomic mass is 9.89. The summed E-state index contributed by atoms with van der Waals surface area (Å²) in [7, 11) is 2.11. The summed E-state index contributed by atoms with van der Waals surface area (Å²) in [5.74, 6) is 0. The van der Waals surface area contributed by atoms with Gasteiger partial charge >= 0.3 is 0 Å². The van der Waals surface area contributed by atoms with Gasteiger partial charge in [0.2, 0.25) is 0 Å². The first kappa shape index (κ1) is 15.9. The van der Waals surface area contributed by atoms with Crippen LogP contribution in [0.25, 0.3) is 0 Å². The minimum absolute atomic E-state index is 0.170. The molecule has 0 aliphatic heterocycles. The van der Waals surface area contributed by atoms with Gasteiger partial charge in [0.15, 0.2) is 0 Å². The van der Waals surface area contributed by atoms with Crippen LogP contribution in [0, 0.1) is 17.0 Å². The van der Waals surface area contributed by atoms with Crippen LogP contribution in [0.1, 0.15) is 49.8 Å². The summed E-state index contributed by atoms with van der Waals surface area (Å²) in [6.45, 7) is 3.89. The Morgan fingerprint density at radius 3 is 2.52 bits per heavy atom. The highest BCUT2D eigenvalue weighted by atomic mass is 16.6. The second-order valence-corrected chi connectivity index (χ2v) is 6.21. The molecule has 5 heteroatoms. The third-order valence-corrected chi connectivity index (χ3v) is 4.84. The van der Waals surface area contributed by atoms with Gasteiger partial charge in [-0.1, -0.05) is 12.1 Å². The minimum Gasteiger partial charge on any atom is -0.328 e. The Hall–Kier alpha value is -1.46. The molecule has 0 radical (unpaired) electrons. The maximum Gasteiger partial charge on any atom is 0.272 e. The minimum atomic E-state index is -0.300. The first-order chi connectivity index (χ1) is 9.90. The third-order valence-electron chi connectivity index (χ3n) is 4.84. The second-order valence-electron chi connectivity index (χ2n) is 6.21. The number of rotatable bonds is 4. The molecule has 0 saturated heterocycles. The van der Waals surface area contributed by atoms with E-state index in [-0.39, 0.29) is 16.7 Å². The van der Waals surface area contributed by atoms with Crippen molar-refractivity contribution in [2.24, 2.45) is 5.73 Å². The van der Waals surface area contributed by atoms with Crippen LogP contribution in [0.4, 0.5) is 5.69 Å². The van der Waals surface area contributed by atoms with Crippen LogP contribution < -0.4 is 5.73 Å². The molecule has 1 aromatic carbocycles. The van der Waals surface area contributed by atoms with Crippen molar-refractivity contribution >= 4 is 5.69 Å². The average molecular weight is 291 g/mol. The van der Waals surface area contributed by atoms with Crippen LogP contribution in [0.5, 0.6) is 0 Å². The van der Waals surface area contributed by atoms with E-state index in [1.807, 2.05) is 12.1 Å². The van der Waals surface area contributed by atoms with Gasteiger partial charge in [-0.2, -0.15) is 0 Å². The van der Waals surface area contributed by atoms with E-state index >= 15 is 0 Å². The molecule has 0 bridgehead atoms. The predicted molar refractivity (Wildman–Crippen MR) is 84.2 cm³/mol. The summed E-state index contributed by atoms with van der Waals surface area (Å²) in [6, 6.07) is 6.58. The van der Waals surface area contributed by atoms with Crippen LogP contribution in [-0.4, -0.2) is 29.0 Å². The van der Waals surface area contributed by atoms with Crippen molar-refractivity contribution in [2.75, 3.05) is 7.05 Å². The van der Waals surface area contributed by atoms with E-state index < -0.39 is 0 Å². The molecule has 0 heterocycles. The summed E-state index contributed by atoms with van der Waals surface area (Å²) >= 11 is 0. The van der Waals surface area contributed by atoms with E-state index in [0.29, 0.717) is 17.6 Å². The van der Waals surface area contributed by atoms with Gasteiger partial charge in [0.05, 0.1) is 4.92 Å². The topological polar surface area (TPSA) is 72.4 Å². The van der Waals surface area contributed by atoms with Gasteiger partial charge in [-0.3, -0.25) is 15.0 Å². The van der Waals surface area contributed by atoms with Crippen molar-refractivity contribution in [3.05, 3.63) is 39.4 Å². The molecule has 2 rings (SSSR count). The standard InChI is InChI=1S/C16H25N3O2/c1-11-4-5-13(10-16(11)19(20)21)12(2)18(3)15-8-6-14(17)7-9-15/h4-5,10,12,14-15H,6-9,17H2,1-3H3. The second kappa shape index (κ2) is 6.54. The predicted octanol–water partition coefficient (Wildman–Crippen LogP) is 3.17. The highest BCUT2D eigenvalue weighted by Gasteiger charge is 2.26. The lowest BCUT2D eigenvalue weighted by Gasteiger charge is -2.37. The SMILES string of the molecule is Cc1ccc(C(C)N(C)C2CCC(N)CC2)cc1[N+](=O)[O-]. The van der Waals surface area contributed by atoms with Gasteiger partial charge in [-0.15, -0.1) is 0 Å². The van der Waals surface area contributed by atoms with E-state index in [2.05, 4.69) is 18.9 Å². The first-order valence-electron chi connectivity index (χ1n) is 7.62. The molecule has 2 N–H and O–H groups in total. The largest absolute Gasteiger partial charge is 0.328 e. The van der Waals surface area contributed by atoms with Crippen LogP contribution >= 0.6 is 0 Å². The maximum absolute atomic E-state index is 11.1. The summed E-state index contributed by atoms with van der Waals surface area (Å²) in [5.41, 5.74) is 7.88. The molecule has 0 aromatic heterocycles. The third kappa shape index (κ3) is 3.60. The monoisotopic (exact) mass is 291 g/mol. The number of nitrogens with two attached hydrogens (primary N) is 1. The first-order valence-corrected chi connectivity index (χ1v) is 7.62. The Balaban J connectivity index is 2.13. The normalized spacial score (nSPS) is 24.0. The van der Waals surface area contributed by atoms with Gasteiger partial charge in [0.1, 0.15) is 0 Å². The Morgan fingerprint density at radius 1 is 1.33 bits per heavy atom.